The molecule has 1 aromatic heterocycles. The number of hydrogen-bond acceptors (Lipinski definition) is 4. The van der Waals surface area contributed by atoms with Crippen molar-refractivity contribution in [2.24, 2.45) is 7.05 Å². The molecule has 7 nitrogen and oxygen atoms in total. The van der Waals surface area contributed by atoms with E-state index in [0.29, 0.717) is 24.6 Å². The van der Waals surface area contributed by atoms with Gasteiger partial charge in [-0.05, 0) is 5.56 Å². The molecule has 2 amide bonds. The van der Waals surface area contributed by atoms with Crippen molar-refractivity contribution in [1.29, 1.82) is 0 Å². The second kappa shape index (κ2) is 5.81. The molecule has 1 spiro atoms. The molecule has 140 valence electrons. The van der Waals surface area contributed by atoms with E-state index in [1.807, 2.05) is 35.2 Å². The summed E-state index contributed by atoms with van der Waals surface area (Å²) in [5.41, 5.74) is 0.537. The highest BCUT2D eigenvalue weighted by Crippen LogP contribution is 2.51. The van der Waals surface area contributed by atoms with Crippen LogP contribution in [0.2, 0.25) is 5.02 Å². The molecule has 0 unspecified atom stereocenters. The van der Waals surface area contributed by atoms with Crippen LogP contribution in [0.5, 0.6) is 0 Å². The van der Waals surface area contributed by atoms with E-state index in [1.54, 1.807) is 18.1 Å². The number of rotatable bonds is 2. The average Bonchev–Trinajstić information content (AvgIpc) is 3.36. The Labute approximate surface area is 161 Å². The van der Waals surface area contributed by atoms with Gasteiger partial charge in [0.2, 0.25) is 5.91 Å². The van der Waals surface area contributed by atoms with Gasteiger partial charge < -0.3 is 14.5 Å². The van der Waals surface area contributed by atoms with Crippen LogP contribution in [0.25, 0.3) is 0 Å². The molecule has 0 bridgehead atoms. The molecule has 3 aliphatic rings. The second-order valence-electron chi connectivity index (χ2n) is 7.31. The smallest absolute Gasteiger partial charge is 0.276 e. The highest BCUT2D eigenvalue weighted by atomic mass is 35.5. The monoisotopic (exact) mass is 386 g/mol. The zero-order valence-electron chi connectivity index (χ0n) is 14.8. The number of ether oxygens (including phenoxy) is 1. The topological polar surface area (TPSA) is 67.7 Å². The summed E-state index contributed by atoms with van der Waals surface area (Å²) in [7, 11) is 1.72. The van der Waals surface area contributed by atoms with Crippen LogP contribution in [0, 0.1) is 0 Å². The summed E-state index contributed by atoms with van der Waals surface area (Å²) >= 11 is 6.16. The highest BCUT2D eigenvalue weighted by Gasteiger charge is 2.65. The lowest BCUT2D eigenvalue weighted by molar-refractivity contribution is -0.138. The number of aromatic nitrogens is 2. The van der Waals surface area contributed by atoms with Gasteiger partial charge in [0.25, 0.3) is 5.91 Å². The number of carbonyl (C=O) groups excluding carboxylic acids is 2. The largest absolute Gasteiger partial charge is 0.351 e. The molecule has 2 aromatic rings. The van der Waals surface area contributed by atoms with E-state index in [2.05, 4.69) is 5.10 Å². The summed E-state index contributed by atoms with van der Waals surface area (Å²) in [5, 5.41) is 4.51. The molecule has 0 radical (unpaired) electrons. The molecule has 8 heteroatoms. The van der Waals surface area contributed by atoms with Crippen LogP contribution in [0.15, 0.2) is 36.5 Å². The Kier molecular flexibility index (Phi) is 3.61. The number of likely N-dealkylation sites (tertiary alicyclic amines) is 1. The van der Waals surface area contributed by atoms with Crippen LogP contribution in [-0.2, 0) is 16.6 Å². The lowest BCUT2D eigenvalue weighted by Crippen LogP contribution is -2.49. The predicted molar refractivity (Wildman–Crippen MR) is 97.0 cm³/mol. The first-order valence-electron chi connectivity index (χ1n) is 9.02. The predicted octanol–water partition coefficient (Wildman–Crippen LogP) is 1.99. The molecule has 1 aromatic carbocycles. The third kappa shape index (κ3) is 2.28. The number of aryl methyl sites for hydroxylation is 1. The highest BCUT2D eigenvalue weighted by molar-refractivity contribution is 6.33. The zero-order chi connectivity index (χ0) is 18.8. The first-order valence-corrected chi connectivity index (χ1v) is 9.40. The molecule has 3 saturated heterocycles. The fraction of sp³-hybridized carbons (Fsp3) is 0.421. The molecule has 5 rings (SSSR count). The minimum atomic E-state index is -0.742. The molecule has 0 aliphatic carbocycles. The normalized spacial score (nSPS) is 29.3. The van der Waals surface area contributed by atoms with Crippen LogP contribution in [0.3, 0.4) is 0 Å². The van der Waals surface area contributed by atoms with Gasteiger partial charge in [0.05, 0.1) is 30.1 Å². The molecule has 3 fully saturated rings. The number of amides is 2. The summed E-state index contributed by atoms with van der Waals surface area (Å²) in [6.45, 7) is 0.959. The van der Waals surface area contributed by atoms with Gasteiger partial charge in [-0.1, -0.05) is 41.9 Å². The van der Waals surface area contributed by atoms with Crippen molar-refractivity contribution in [3.05, 3.63) is 52.8 Å². The number of halogens is 1. The summed E-state index contributed by atoms with van der Waals surface area (Å²) in [5.74, 6) is -0.222. The van der Waals surface area contributed by atoms with Gasteiger partial charge in [-0.3, -0.25) is 14.3 Å². The molecule has 3 atom stereocenters. The molecular formula is C19H19ClN4O3. The maximum absolute atomic E-state index is 13.0. The lowest BCUT2D eigenvalue weighted by Gasteiger charge is -2.33. The zero-order valence-corrected chi connectivity index (χ0v) is 15.6. The van der Waals surface area contributed by atoms with Gasteiger partial charge >= 0.3 is 0 Å². The third-order valence-electron chi connectivity index (χ3n) is 5.89. The second-order valence-corrected chi connectivity index (χ2v) is 7.72. The fourth-order valence-corrected chi connectivity index (χ4v) is 5.01. The van der Waals surface area contributed by atoms with Crippen LogP contribution in [-0.4, -0.2) is 56.3 Å². The Bertz CT molecular complexity index is 930. The Morgan fingerprint density at radius 2 is 2.11 bits per heavy atom. The van der Waals surface area contributed by atoms with Crippen molar-refractivity contribution < 1.29 is 14.3 Å². The summed E-state index contributed by atoms with van der Waals surface area (Å²) < 4.78 is 7.75. The van der Waals surface area contributed by atoms with Gasteiger partial charge in [-0.2, -0.15) is 5.10 Å². The van der Waals surface area contributed by atoms with Gasteiger partial charge in [-0.25, -0.2) is 0 Å². The maximum atomic E-state index is 13.0. The molecule has 0 saturated carbocycles. The van der Waals surface area contributed by atoms with Gasteiger partial charge in [-0.15, -0.1) is 0 Å². The van der Waals surface area contributed by atoms with Crippen molar-refractivity contribution in [1.82, 2.24) is 19.6 Å². The SMILES string of the molecule is Cn1cc(Cl)c(C(=O)N2CC[C@@]34OC[C@@H](c5ccccc5)N3C(=O)C[C@@H]24)n1. The third-order valence-corrected chi connectivity index (χ3v) is 6.16. The van der Waals surface area contributed by atoms with Gasteiger partial charge in [0.1, 0.15) is 0 Å². The fourth-order valence-electron chi connectivity index (χ4n) is 4.75. The van der Waals surface area contributed by atoms with E-state index in [9.17, 15) is 9.59 Å². The van der Waals surface area contributed by atoms with Crippen molar-refractivity contribution in [3.63, 3.8) is 0 Å². The Hall–Kier alpha value is -2.38. The number of benzene rings is 1. The maximum Gasteiger partial charge on any atom is 0.276 e. The Morgan fingerprint density at radius 1 is 1.33 bits per heavy atom. The van der Waals surface area contributed by atoms with Crippen molar-refractivity contribution in [3.8, 4) is 0 Å². The van der Waals surface area contributed by atoms with Gasteiger partial charge in [0, 0.05) is 26.2 Å². The molecule has 3 aliphatic heterocycles. The van der Waals surface area contributed by atoms with Crippen LogP contribution in [0.1, 0.15) is 34.9 Å². The quantitative estimate of drug-likeness (QED) is 0.791. The van der Waals surface area contributed by atoms with E-state index in [4.69, 9.17) is 16.3 Å². The van der Waals surface area contributed by atoms with Gasteiger partial charge in [0.15, 0.2) is 11.4 Å². The minimum absolute atomic E-state index is 0.0240. The molecule has 0 N–H and O–H groups in total. The summed E-state index contributed by atoms with van der Waals surface area (Å²) in [6.07, 6.45) is 2.46. The Balaban J connectivity index is 1.47. The van der Waals surface area contributed by atoms with E-state index in [-0.39, 0.29) is 36.0 Å². The Morgan fingerprint density at radius 3 is 2.81 bits per heavy atom. The molecular weight excluding hydrogens is 368 g/mol. The molecule has 4 heterocycles. The van der Waals surface area contributed by atoms with Crippen molar-refractivity contribution >= 4 is 23.4 Å². The summed E-state index contributed by atoms with van der Waals surface area (Å²) in [4.78, 5) is 29.5. The van der Waals surface area contributed by atoms with Crippen LogP contribution >= 0.6 is 11.6 Å². The van der Waals surface area contributed by atoms with E-state index in [1.165, 1.54) is 4.68 Å². The van der Waals surface area contributed by atoms with Crippen LogP contribution in [0.4, 0.5) is 0 Å². The minimum Gasteiger partial charge on any atom is -0.351 e. The number of hydrogen-bond donors (Lipinski definition) is 0. The molecule has 27 heavy (non-hydrogen) atoms. The standard InChI is InChI=1S/C19H19ClN4O3/c1-22-10-13(20)17(21-22)18(26)23-8-7-19-15(23)9-16(25)24(19)14(11-27-19)12-5-3-2-4-6-12/h2-6,10,14-15H,7-9,11H2,1H3/t14-,15+,19-/m0/s1. The van der Waals surface area contributed by atoms with Crippen LogP contribution < -0.4 is 0 Å². The van der Waals surface area contributed by atoms with Crippen molar-refractivity contribution in [2.45, 2.75) is 30.7 Å². The van der Waals surface area contributed by atoms with Crippen molar-refractivity contribution in [2.75, 3.05) is 13.2 Å². The number of carbonyl (C=O) groups is 2. The van der Waals surface area contributed by atoms with E-state index < -0.39 is 5.72 Å². The lowest BCUT2D eigenvalue weighted by atomic mass is 10.0. The van der Waals surface area contributed by atoms with E-state index >= 15 is 0 Å². The first-order chi connectivity index (χ1) is 13.0. The average molecular weight is 387 g/mol. The first kappa shape index (κ1) is 16.8. The summed E-state index contributed by atoms with van der Waals surface area (Å²) in [6, 6.07) is 9.48. The van der Waals surface area contributed by atoms with E-state index in [0.717, 1.165) is 5.56 Å². The number of nitrogens with zero attached hydrogens (tertiary/aromatic N) is 4.